The molecule has 1 fully saturated rings. The normalized spacial score (nSPS) is 31.3. The number of carbonyl (C=O) groups is 2. The fourth-order valence-electron chi connectivity index (χ4n) is 1.89. The number of nitrogens with zero attached hydrogens (tertiary/aromatic N) is 1. The molecule has 5 nitrogen and oxygen atoms in total. The van der Waals surface area contributed by atoms with Crippen LogP contribution in [0.25, 0.3) is 0 Å². The van der Waals surface area contributed by atoms with Crippen molar-refractivity contribution >= 4 is 23.5 Å². The van der Waals surface area contributed by atoms with Crippen molar-refractivity contribution in [3.05, 3.63) is 10.7 Å². The molecule has 76 valence electrons. The van der Waals surface area contributed by atoms with Gasteiger partial charge in [0.25, 0.3) is 0 Å². The topological polar surface area (TPSA) is 83.6 Å². The van der Waals surface area contributed by atoms with Crippen LogP contribution in [-0.4, -0.2) is 34.0 Å². The van der Waals surface area contributed by atoms with Crippen molar-refractivity contribution in [3.63, 3.8) is 0 Å². The minimum Gasteiger partial charge on any atom is -0.477 e. The van der Waals surface area contributed by atoms with Gasteiger partial charge < -0.3 is 10.8 Å². The van der Waals surface area contributed by atoms with Crippen LogP contribution >= 0.6 is 11.6 Å². The molecule has 0 spiro atoms. The Morgan fingerprint density at radius 2 is 2.29 bits per heavy atom. The number of hydrogen-bond donors (Lipinski definition) is 2. The van der Waals surface area contributed by atoms with Crippen molar-refractivity contribution in [3.8, 4) is 0 Å². The van der Waals surface area contributed by atoms with Crippen LogP contribution in [-0.2, 0) is 9.59 Å². The van der Waals surface area contributed by atoms with Gasteiger partial charge in [0.1, 0.15) is 11.7 Å². The van der Waals surface area contributed by atoms with Gasteiger partial charge in [0, 0.05) is 5.03 Å². The second-order valence-corrected chi connectivity index (χ2v) is 3.85. The van der Waals surface area contributed by atoms with E-state index in [4.69, 9.17) is 22.4 Å². The number of carbonyl (C=O) groups excluding carboxylic acids is 1. The molecule has 2 rings (SSSR count). The maximum atomic E-state index is 11.3. The van der Waals surface area contributed by atoms with Crippen molar-refractivity contribution in [2.24, 2.45) is 5.73 Å². The number of fused-ring (bicyclic) bond motifs is 1. The molecule has 2 aliphatic heterocycles. The number of nitrogens with two attached hydrogens (primary N) is 1. The molecule has 1 saturated heterocycles. The van der Waals surface area contributed by atoms with Crippen LogP contribution in [0.4, 0.5) is 0 Å². The van der Waals surface area contributed by atoms with Crippen molar-refractivity contribution in [2.45, 2.75) is 24.9 Å². The maximum absolute atomic E-state index is 11.3. The first-order valence-corrected chi connectivity index (χ1v) is 4.62. The van der Waals surface area contributed by atoms with Crippen LogP contribution in [0.3, 0.4) is 0 Å². The smallest absolute Gasteiger partial charge is 0.353 e. The number of β-lactam (4-membered cyclic amide) rings is 1. The molecule has 0 aromatic carbocycles. The third-order valence-electron chi connectivity index (χ3n) is 2.63. The molecule has 0 aliphatic carbocycles. The molecule has 3 N–H and O–H groups in total. The summed E-state index contributed by atoms with van der Waals surface area (Å²) in [6.45, 7) is 0. The van der Waals surface area contributed by atoms with Gasteiger partial charge in [-0.05, 0) is 12.8 Å². The average molecular weight is 217 g/mol. The number of aliphatic carboxylic acids is 1. The van der Waals surface area contributed by atoms with Gasteiger partial charge in [-0.25, -0.2) is 4.79 Å². The fraction of sp³-hybridized carbons (Fsp3) is 0.500. The largest absolute Gasteiger partial charge is 0.477 e. The number of carboxylic acid groups (broad SMARTS) is 1. The standard InChI is InChI=1S/C8H9ClN2O3/c9-3-1-2-4-5(10)7(12)11(4)6(3)8(13)14/h4-5H,1-2,10H2,(H,13,14)/t4-,5+/m1/s1. The first kappa shape index (κ1) is 9.48. The Balaban J connectivity index is 2.37. The Morgan fingerprint density at radius 1 is 1.64 bits per heavy atom. The monoisotopic (exact) mass is 216 g/mol. The molecule has 0 aromatic rings. The summed E-state index contributed by atoms with van der Waals surface area (Å²) in [6, 6.07) is -0.745. The van der Waals surface area contributed by atoms with E-state index in [-0.39, 0.29) is 22.7 Å². The number of halogens is 1. The molecule has 1 amide bonds. The Labute approximate surface area is 85.1 Å². The Hall–Kier alpha value is -1.07. The van der Waals surface area contributed by atoms with Crippen LogP contribution in [0.1, 0.15) is 12.8 Å². The number of allylic oxidation sites excluding steroid dienone is 1. The summed E-state index contributed by atoms with van der Waals surface area (Å²) >= 11 is 5.75. The van der Waals surface area contributed by atoms with E-state index in [1.54, 1.807) is 0 Å². The van der Waals surface area contributed by atoms with Crippen LogP contribution in [0, 0.1) is 0 Å². The number of carboxylic acids is 1. The van der Waals surface area contributed by atoms with E-state index in [2.05, 4.69) is 0 Å². The number of amides is 1. The second-order valence-electron chi connectivity index (χ2n) is 3.40. The first-order chi connectivity index (χ1) is 6.54. The average Bonchev–Trinajstić information content (AvgIpc) is 2.15. The third-order valence-corrected chi connectivity index (χ3v) is 3.00. The van der Waals surface area contributed by atoms with E-state index >= 15 is 0 Å². The zero-order valence-electron chi connectivity index (χ0n) is 7.24. The Kier molecular flexibility index (Phi) is 2.01. The molecular weight excluding hydrogens is 208 g/mol. The molecule has 0 unspecified atom stereocenters. The van der Waals surface area contributed by atoms with Gasteiger partial charge in [-0.1, -0.05) is 11.6 Å². The lowest BCUT2D eigenvalue weighted by atomic mass is 9.87. The van der Waals surface area contributed by atoms with E-state index < -0.39 is 12.0 Å². The highest BCUT2D eigenvalue weighted by Crippen LogP contribution is 2.36. The second kappa shape index (κ2) is 2.96. The van der Waals surface area contributed by atoms with E-state index in [1.807, 2.05) is 0 Å². The highest BCUT2D eigenvalue weighted by atomic mass is 35.5. The maximum Gasteiger partial charge on any atom is 0.353 e. The summed E-state index contributed by atoms with van der Waals surface area (Å²) in [4.78, 5) is 23.3. The summed E-state index contributed by atoms with van der Waals surface area (Å²) < 4.78 is 0. The number of rotatable bonds is 1. The molecule has 2 aliphatic rings. The van der Waals surface area contributed by atoms with Crippen LogP contribution in [0.15, 0.2) is 10.7 Å². The molecular formula is C8H9ClN2O3. The molecule has 2 atom stereocenters. The quantitative estimate of drug-likeness (QED) is 0.598. The van der Waals surface area contributed by atoms with Crippen molar-refractivity contribution in [1.82, 2.24) is 4.90 Å². The van der Waals surface area contributed by atoms with Crippen molar-refractivity contribution in [1.29, 1.82) is 0 Å². The van der Waals surface area contributed by atoms with Crippen LogP contribution < -0.4 is 5.73 Å². The lowest BCUT2D eigenvalue weighted by Gasteiger charge is -2.47. The van der Waals surface area contributed by atoms with Gasteiger partial charge in [0.2, 0.25) is 5.91 Å². The Bertz CT molecular complexity index is 352. The fourth-order valence-corrected chi connectivity index (χ4v) is 2.18. The van der Waals surface area contributed by atoms with Gasteiger partial charge in [0.05, 0.1) is 6.04 Å². The van der Waals surface area contributed by atoms with E-state index in [0.717, 1.165) is 0 Å². The van der Waals surface area contributed by atoms with E-state index in [0.29, 0.717) is 12.8 Å². The molecule has 14 heavy (non-hydrogen) atoms. The molecule has 0 radical (unpaired) electrons. The molecule has 2 heterocycles. The van der Waals surface area contributed by atoms with Gasteiger partial charge in [-0.3, -0.25) is 9.69 Å². The first-order valence-electron chi connectivity index (χ1n) is 4.24. The molecule has 0 saturated carbocycles. The molecule has 0 aromatic heterocycles. The van der Waals surface area contributed by atoms with Crippen LogP contribution in [0.2, 0.25) is 0 Å². The summed E-state index contributed by atoms with van der Waals surface area (Å²) in [5.74, 6) is -1.52. The Morgan fingerprint density at radius 3 is 2.86 bits per heavy atom. The van der Waals surface area contributed by atoms with Gasteiger partial charge in [-0.2, -0.15) is 0 Å². The lowest BCUT2D eigenvalue weighted by Crippen LogP contribution is -2.69. The third kappa shape index (κ3) is 1.06. The van der Waals surface area contributed by atoms with Crippen LogP contribution in [0.5, 0.6) is 0 Å². The van der Waals surface area contributed by atoms with E-state index in [9.17, 15) is 9.59 Å². The summed E-state index contributed by atoms with van der Waals surface area (Å²) in [7, 11) is 0. The summed E-state index contributed by atoms with van der Waals surface area (Å²) in [5, 5.41) is 9.09. The molecule has 0 bridgehead atoms. The zero-order chi connectivity index (χ0) is 10.5. The SMILES string of the molecule is N[C@@H]1C(=O)N2C(C(=O)O)=C(Cl)CC[C@H]12. The summed E-state index contributed by atoms with van der Waals surface area (Å²) in [5.41, 5.74) is 5.43. The molecule has 6 heteroatoms. The lowest BCUT2D eigenvalue weighted by molar-refractivity contribution is -0.152. The highest BCUT2D eigenvalue weighted by Gasteiger charge is 2.50. The van der Waals surface area contributed by atoms with Crippen molar-refractivity contribution in [2.75, 3.05) is 0 Å². The summed E-state index contributed by atoms with van der Waals surface area (Å²) in [6.07, 6.45) is 1.12. The highest BCUT2D eigenvalue weighted by molar-refractivity contribution is 6.32. The van der Waals surface area contributed by atoms with E-state index in [1.165, 1.54) is 4.90 Å². The minimum atomic E-state index is -1.17. The van der Waals surface area contributed by atoms with Gasteiger partial charge >= 0.3 is 5.97 Å². The zero-order valence-corrected chi connectivity index (χ0v) is 7.99. The predicted octanol–water partition coefficient (Wildman–Crippen LogP) is -0.147. The number of hydrogen-bond acceptors (Lipinski definition) is 3. The van der Waals surface area contributed by atoms with Gasteiger partial charge in [-0.15, -0.1) is 0 Å². The minimum absolute atomic E-state index is 0.102. The predicted molar refractivity (Wildman–Crippen MR) is 48.4 cm³/mol. The van der Waals surface area contributed by atoms with Crippen molar-refractivity contribution < 1.29 is 14.7 Å². The van der Waals surface area contributed by atoms with Gasteiger partial charge in [0.15, 0.2) is 0 Å².